The van der Waals surface area contributed by atoms with Crippen molar-refractivity contribution in [1.29, 1.82) is 0 Å². The Morgan fingerprint density at radius 1 is 1.12 bits per heavy atom. The molecule has 0 atom stereocenters. The highest BCUT2D eigenvalue weighted by Crippen LogP contribution is 2.10. The summed E-state index contributed by atoms with van der Waals surface area (Å²) in [6.07, 6.45) is 0. The summed E-state index contributed by atoms with van der Waals surface area (Å²) >= 11 is 0. The minimum absolute atomic E-state index is 0. The van der Waals surface area contributed by atoms with Crippen LogP contribution >= 0.6 is 24.8 Å². The first-order chi connectivity index (χ1) is 6.63. The van der Waals surface area contributed by atoms with E-state index >= 15 is 0 Å². The summed E-state index contributed by atoms with van der Waals surface area (Å²) in [6.45, 7) is 6.96. The van der Waals surface area contributed by atoms with Crippen molar-refractivity contribution in [2.75, 3.05) is 20.1 Å². The highest BCUT2D eigenvalue weighted by Gasteiger charge is 2.00. The lowest BCUT2D eigenvalue weighted by Crippen LogP contribution is -2.24. The molecule has 94 valence electrons. The van der Waals surface area contributed by atoms with Crippen molar-refractivity contribution in [2.24, 2.45) is 5.73 Å². The first kappa shape index (κ1) is 18.1. The van der Waals surface area contributed by atoms with Crippen molar-refractivity contribution in [3.8, 4) is 0 Å². The maximum absolute atomic E-state index is 5.50. The summed E-state index contributed by atoms with van der Waals surface area (Å²) in [5, 5.41) is 0. The number of halogens is 2. The van der Waals surface area contributed by atoms with Crippen molar-refractivity contribution < 1.29 is 0 Å². The van der Waals surface area contributed by atoms with E-state index in [0.29, 0.717) is 0 Å². The standard InChI is InChI=1S/C12H20N2.2ClH/c1-10-4-5-12(8-11(10)2)9-14(3)7-6-13;;/h4-5,8H,6-7,9,13H2,1-3H3;2*1H. The molecule has 0 heterocycles. The second-order valence-electron chi connectivity index (χ2n) is 3.95. The second-order valence-corrected chi connectivity index (χ2v) is 3.95. The van der Waals surface area contributed by atoms with Crippen LogP contribution in [0, 0.1) is 13.8 Å². The van der Waals surface area contributed by atoms with E-state index in [2.05, 4.69) is 44.0 Å². The molecule has 1 aromatic rings. The number of hydrogen-bond donors (Lipinski definition) is 1. The third-order valence-corrected chi connectivity index (χ3v) is 2.53. The van der Waals surface area contributed by atoms with Gasteiger partial charge in [-0.1, -0.05) is 18.2 Å². The van der Waals surface area contributed by atoms with E-state index in [9.17, 15) is 0 Å². The van der Waals surface area contributed by atoms with E-state index in [1.54, 1.807) is 0 Å². The van der Waals surface area contributed by atoms with E-state index in [4.69, 9.17) is 5.73 Å². The van der Waals surface area contributed by atoms with Crippen LogP contribution in [0.4, 0.5) is 0 Å². The summed E-state index contributed by atoms with van der Waals surface area (Å²) in [5.41, 5.74) is 9.58. The van der Waals surface area contributed by atoms with Gasteiger partial charge in [-0.05, 0) is 37.6 Å². The summed E-state index contributed by atoms with van der Waals surface area (Å²) in [4.78, 5) is 2.24. The Labute approximate surface area is 111 Å². The first-order valence-corrected chi connectivity index (χ1v) is 5.08. The van der Waals surface area contributed by atoms with Gasteiger partial charge in [-0.3, -0.25) is 0 Å². The van der Waals surface area contributed by atoms with Gasteiger partial charge < -0.3 is 10.6 Å². The third-order valence-electron chi connectivity index (χ3n) is 2.53. The van der Waals surface area contributed by atoms with E-state index in [0.717, 1.165) is 19.6 Å². The molecule has 0 saturated heterocycles. The van der Waals surface area contributed by atoms with Crippen molar-refractivity contribution in [3.05, 3.63) is 34.9 Å². The van der Waals surface area contributed by atoms with Gasteiger partial charge in [0.25, 0.3) is 0 Å². The Bertz CT molecular complexity index is 303. The molecule has 0 bridgehead atoms. The van der Waals surface area contributed by atoms with Gasteiger partial charge in [0.2, 0.25) is 0 Å². The summed E-state index contributed by atoms with van der Waals surface area (Å²) in [6, 6.07) is 6.62. The molecule has 0 fully saturated rings. The molecule has 2 N–H and O–H groups in total. The van der Waals surface area contributed by atoms with Crippen LogP contribution in [0.2, 0.25) is 0 Å². The lowest BCUT2D eigenvalue weighted by atomic mass is 10.1. The Hall–Kier alpha value is -0.280. The maximum atomic E-state index is 5.50. The monoisotopic (exact) mass is 264 g/mol. The quantitative estimate of drug-likeness (QED) is 0.906. The van der Waals surface area contributed by atoms with Gasteiger partial charge in [0, 0.05) is 19.6 Å². The van der Waals surface area contributed by atoms with E-state index < -0.39 is 0 Å². The predicted molar refractivity (Wildman–Crippen MR) is 75.8 cm³/mol. The van der Waals surface area contributed by atoms with Crippen LogP contribution < -0.4 is 5.73 Å². The third kappa shape index (κ3) is 5.71. The normalized spacial score (nSPS) is 9.56. The Balaban J connectivity index is 0. The fourth-order valence-corrected chi connectivity index (χ4v) is 1.51. The van der Waals surface area contributed by atoms with Crippen molar-refractivity contribution in [1.82, 2.24) is 4.90 Å². The number of nitrogens with two attached hydrogens (primary N) is 1. The molecule has 0 spiro atoms. The predicted octanol–water partition coefficient (Wildman–Crippen LogP) is 2.54. The van der Waals surface area contributed by atoms with Gasteiger partial charge in [-0.25, -0.2) is 0 Å². The zero-order valence-electron chi connectivity index (χ0n) is 10.2. The minimum atomic E-state index is 0. The number of nitrogens with zero attached hydrogens (tertiary/aromatic N) is 1. The van der Waals surface area contributed by atoms with Crippen LogP contribution in [0.1, 0.15) is 16.7 Å². The Kier molecular flexibility index (Phi) is 9.98. The topological polar surface area (TPSA) is 29.3 Å². The van der Waals surface area contributed by atoms with Gasteiger partial charge in [0.15, 0.2) is 0 Å². The first-order valence-electron chi connectivity index (χ1n) is 5.08. The van der Waals surface area contributed by atoms with Crippen LogP contribution in [0.15, 0.2) is 18.2 Å². The van der Waals surface area contributed by atoms with Gasteiger partial charge in [-0.2, -0.15) is 0 Å². The molecule has 0 aliphatic heterocycles. The van der Waals surface area contributed by atoms with E-state index in [-0.39, 0.29) is 24.8 Å². The molecule has 0 amide bonds. The molecule has 0 saturated carbocycles. The summed E-state index contributed by atoms with van der Waals surface area (Å²) < 4.78 is 0. The fourth-order valence-electron chi connectivity index (χ4n) is 1.51. The molecule has 0 aromatic heterocycles. The number of hydrogen-bond acceptors (Lipinski definition) is 2. The number of aryl methyl sites for hydroxylation is 2. The van der Waals surface area contributed by atoms with Crippen LogP contribution in [-0.4, -0.2) is 25.0 Å². The average molecular weight is 265 g/mol. The molecular weight excluding hydrogens is 243 g/mol. The highest BCUT2D eigenvalue weighted by molar-refractivity contribution is 5.85. The summed E-state index contributed by atoms with van der Waals surface area (Å²) in [5.74, 6) is 0. The summed E-state index contributed by atoms with van der Waals surface area (Å²) in [7, 11) is 2.10. The molecule has 4 heteroatoms. The van der Waals surface area contributed by atoms with Crippen LogP contribution in [0.3, 0.4) is 0 Å². The van der Waals surface area contributed by atoms with Crippen LogP contribution in [0.5, 0.6) is 0 Å². The average Bonchev–Trinajstić information content (AvgIpc) is 2.12. The largest absolute Gasteiger partial charge is 0.329 e. The molecule has 0 radical (unpaired) electrons. The van der Waals surface area contributed by atoms with E-state index in [1.807, 2.05) is 0 Å². The van der Waals surface area contributed by atoms with Gasteiger partial charge in [-0.15, -0.1) is 24.8 Å². The van der Waals surface area contributed by atoms with Gasteiger partial charge in [0.1, 0.15) is 0 Å². The zero-order valence-corrected chi connectivity index (χ0v) is 11.8. The number of benzene rings is 1. The zero-order chi connectivity index (χ0) is 10.6. The van der Waals surface area contributed by atoms with Gasteiger partial charge in [0.05, 0.1) is 0 Å². The van der Waals surface area contributed by atoms with Crippen molar-refractivity contribution in [2.45, 2.75) is 20.4 Å². The van der Waals surface area contributed by atoms with Gasteiger partial charge >= 0.3 is 0 Å². The Morgan fingerprint density at radius 3 is 2.25 bits per heavy atom. The molecule has 1 rings (SSSR count). The fraction of sp³-hybridized carbons (Fsp3) is 0.500. The SMILES string of the molecule is Cc1ccc(CN(C)CCN)cc1C.Cl.Cl. The molecule has 16 heavy (non-hydrogen) atoms. The smallest absolute Gasteiger partial charge is 0.0231 e. The second kappa shape index (κ2) is 8.82. The highest BCUT2D eigenvalue weighted by atomic mass is 35.5. The number of likely N-dealkylation sites (N-methyl/N-ethyl adjacent to an activating group) is 1. The number of rotatable bonds is 4. The van der Waals surface area contributed by atoms with Crippen molar-refractivity contribution >= 4 is 24.8 Å². The lowest BCUT2D eigenvalue weighted by molar-refractivity contribution is 0.336. The van der Waals surface area contributed by atoms with E-state index in [1.165, 1.54) is 16.7 Å². The molecule has 0 unspecified atom stereocenters. The molecule has 0 aliphatic rings. The van der Waals surface area contributed by atoms with Crippen molar-refractivity contribution in [3.63, 3.8) is 0 Å². The van der Waals surface area contributed by atoms with Crippen LogP contribution in [0.25, 0.3) is 0 Å². The molecule has 0 aliphatic carbocycles. The maximum Gasteiger partial charge on any atom is 0.0231 e. The Morgan fingerprint density at radius 2 is 1.75 bits per heavy atom. The lowest BCUT2D eigenvalue weighted by Gasteiger charge is -2.16. The molecular formula is C12H22Cl2N2. The minimum Gasteiger partial charge on any atom is -0.329 e. The molecule has 2 nitrogen and oxygen atoms in total. The molecule has 1 aromatic carbocycles. The van der Waals surface area contributed by atoms with Crippen LogP contribution in [-0.2, 0) is 6.54 Å².